The van der Waals surface area contributed by atoms with Gasteiger partial charge >= 0.3 is 11.9 Å². The highest BCUT2D eigenvalue weighted by Crippen LogP contribution is 2.49. The number of rotatable bonds is 3. The summed E-state index contributed by atoms with van der Waals surface area (Å²) >= 11 is 0. The van der Waals surface area contributed by atoms with Gasteiger partial charge in [0.2, 0.25) is 0 Å². The number of hydrogen-bond donors (Lipinski definition) is 0. The first-order valence-corrected chi connectivity index (χ1v) is 7.69. The minimum absolute atomic E-state index is 0.0929. The van der Waals surface area contributed by atoms with Crippen molar-refractivity contribution in [2.45, 2.75) is 63.6 Å². The van der Waals surface area contributed by atoms with Gasteiger partial charge in [-0.1, -0.05) is 19.3 Å². The lowest BCUT2D eigenvalue weighted by Gasteiger charge is -2.30. The van der Waals surface area contributed by atoms with E-state index in [4.69, 9.17) is 9.47 Å². The smallest absolute Gasteiger partial charge is 0.312 e. The molecule has 1 aliphatic heterocycles. The fourth-order valence-electron chi connectivity index (χ4n) is 3.20. The van der Waals surface area contributed by atoms with E-state index in [2.05, 4.69) is 9.24 Å². The van der Waals surface area contributed by atoms with E-state index < -0.39 is 5.60 Å². The second kappa shape index (κ2) is 5.40. The third-order valence-corrected chi connectivity index (χ3v) is 4.46. The monoisotopic (exact) mass is 286 g/mol. The van der Waals surface area contributed by atoms with Crippen LogP contribution in [-0.2, 0) is 19.1 Å². The van der Waals surface area contributed by atoms with Crippen molar-refractivity contribution >= 4 is 21.2 Å². The third-order valence-electron chi connectivity index (χ3n) is 4.19. The number of carbonyl (C=O) groups excluding carboxylic acids is 2. The van der Waals surface area contributed by atoms with Crippen LogP contribution in [0, 0.1) is 5.41 Å². The summed E-state index contributed by atoms with van der Waals surface area (Å²) < 4.78 is 10.8. The number of hydrogen-bond acceptors (Lipinski definition) is 4. The number of cyclic esters (lactones) is 1. The van der Waals surface area contributed by atoms with Crippen LogP contribution in [-0.4, -0.2) is 29.8 Å². The maximum absolute atomic E-state index is 12.2. The fraction of sp³-hybridized carbons (Fsp3) is 0.857. The molecule has 0 aromatic carbocycles. The first kappa shape index (κ1) is 14.8. The molecule has 1 saturated heterocycles. The molecule has 2 fully saturated rings. The minimum Gasteiger partial charge on any atom is -0.461 e. The molecule has 5 heteroatoms. The van der Waals surface area contributed by atoms with Gasteiger partial charge in [0, 0.05) is 6.42 Å². The molecule has 1 heterocycles. The summed E-state index contributed by atoms with van der Waals surface area (Å²) in [5.74, 6) is -0.364. The van der Waals surface area contributed by atoms with Gasteiger partial charge in [-0.05, 0) is 26.7 Å². The molecule has 1 spiro atoms. The van der Waals surface area contributed by atoms with Crippen molar-refractivity contribution in [3.63, 3.8) is 0 Å². The molecule has 2 rings (SSSR count). The van der Waals surface area contributed by atoms with Gasteiger partial charge in [0.25, 0.3) is 0 Å². The summed E-state index contributed by atoms with van der Waals surface area (Å²) in [7, 11) is 2.41. The molecule has 19 heavy (non-hydrogen) atoms. The van der Waals surface area contributed by atoms with Crippen LogP contribution in [0.2, 0.25) is 0 Å². The van der Waals surface area contributed by atoms with Crippen molar-refractivity contribution in [3.05, 3.63) is 0 Å². The summed E-state index contributed by atoms with van der Waals surface area (Å²) in [5.41, 5.74) is -1.19. The van der Waals surface area contributed by atoms with Gasteiger partial charge in [-0.3, -0.25) is 9.59 Å². The fourth-order valence-corrected chi connectivity index (χ4v) is 3.30. The second-order valence-corrected chi connectivity index (χ2v) is 7.25. The van der Waals surface area contributed by atoms with Crippen LogP contribution in [0.1, 0.15) is 52.4 Å². The van der Waals surface area contributed by atoms with Gasteiger partial charge in [0.1, 0.15) is 12.2 Å². The Bertz CT molecular complexity index is 374. The highest BCUT2D eigenvalue weighted by molar-refractivity contribution is 7.19. The zero-order chi connectivity index (χ0) is 14.1. The average Bonchev–Trinajstić information content (AvgIpc) is 2.59. The molecular weight excluding hydrogens is 263 g/mol. The molecule has 108 valence electrons. The van der Waals surface area contributed by atoms with E-state index in [0.717, 1.165) is 25.7 Å². The van der Waals surface area contributed by atoms with E-state index >= 15 is 0 Å². The molecule has 0 amide bonds. The summed E-state index contributed by atoms with van der Waals surface area (Å²) in [6.45, 7) is 3.80. The number of ether oxygens (including phenoxy) is 2. The summed E-state index contributed by atoms with van der Waals surface area (Å²) in [4.78, 5) is 23.7. The Balaban J connectivity index is 1.98. The molecule has 3 atom stereocenters. The van der Waals surface area contributed by atoms with Crippen LogP contribution in [0.25, 0.3) is 0 Å². The van der Waals surface area contributed by atoms with Crippen molar-refractivity contribution in [1.82, 2.24) is 0 Å². The quantitative estimate of drug-likeness (QED) is 0.590. The molecule has 0 bridgehead atoms. The van der Waals surface area contributed by atoms with Gasteiger partial charge in [-0.2, -0.15) is 0 Å². The summed E-state index contributed by atoms with van der Waals surface area (Å²) in [6.07, 6.45) is 5.88. The lowest BCUT2D eigenvalue weighted by atomic mass is 9.70. The summed E-state index contributed by atoms with van der Waals surface area (Å²) in [6, 6.07) is 0. The Morgan fingerprint density at radius 1 is 1.42 bits per heavy atom. The van der Waals surface area contributed by atoms with Crippen LogP contribution in [0.4, 0.5) is 0 Å². The van der Waals surface area contributed by atoms with Crippen molar-refractivity contribution < 1.29 is 19.1 Å². The van der Waals surface area contributed by atoms with Crippen molar-refractivity contribution in [3.8, 4) is 0 Å². The van der Waals surface area contributed by atoms with Crippen molar-refractivity contribution in [2.75, 3.05) is 6.61 Å². The molecule has 0 N–H and O–H groups in total. The highest BCUT2D eigenvalue weighted by Gasteiger charge is 2.55. The minimum atomic E-state index is -0.649. The lowest BCUT2D eigenvalue weighted by molar-refractivity contribution is -0.163. The molecule has 2 aliphatic rings. The Kier molecular flexibility index (Phi) is 4.20. The Morgan fingerprint density at radius 2 is 2.05 bits per heavy atom. The predicted molar refractivity (Wildman–Crippen MR) is 74.8 cm³/mol. The van der Waals surface area contributed by atoms with E-state index in [9.17, 15) is 9.59 Å². The van der Waals surface area contributed by atoms with E-state index in [1.165, 1.54) is 6.42 Å². The van der Waals surface area contributed by atoms with Gasteiger partial charge in [0.05, 0.1) is 11.1 Å². The molecule has 0 aromatic heterocycles. The second-order valence-electron chi connectivity index (χ2n) is 6.25. The van der Waals surface area contributed by atoms with Crippen molar-refractivity contribution in [1.29, 1.82) is 0 Å². The van der Waals surface area contributed by atoms with E-state index in [1.807, 2.05) is 6.92 Å². The molecule has 1 saturated carbocycles. The number of esters is 2. The van der Waals surface area contributed by atoms with Crippen LogP contribution in [0.15, 0.2) is 0 Å². The van der Waals surface area contributed by atoms with Gasteiger partial charge < -0.3 is 9.47 Å². The van der Waals surface area contributed by atoms with E-state index in [0.29, 0.717) is 6.42 Å². The molecule has 3 unspecified atom stereocenters. The van der Waals surface area contributed by atoms with Gasteiger partial charge in [0.15, 0.2) is 0 Å². The number of carbonyl (C=O) groups is 2. The molecule has 0 radical (unpaired) electrons. The van der Waals surface area contributed by atoms with Crippen molar-refractivity contribution in [2.24, 2.45) is 5.41 Å². The third kappa shape index (κ3) is 3.10. The van der Waals surface area contributed by atoms with Crippen LogP contribution < -0.4 is 0 Å². The molecule has 0 aromatic rings. The SMILES string of the molecule is CC(P)C(=O)OCC1(C)CC2(CCCCC2)C(=O)O1. The lowest BCUT2D eigenvalue weighted by Crippen LogP contribution is -2.34. The van der Waals surface area contributed by atoms with Crippen LogP contribution in [0.5, 0.6) is 0 Å². The maximum Gasteiger partial charge on any atom is 0.312 e. The molecule has 1 aliphatic carbocycles. The Morgan fingerprint density at radius 3 is 2.63 bits per heavy atom. The topological polar surface area (TPSA) is 52.6 Å². The zero-order valence-corrected chi connectivity index (χ0v) is 12.9. The van der Waals surface area contributed by atoms with Gasteiger partial charge in [-0.25, -0.2) is 0 Å². The first-order chi connectivity index (χ1) is 8.87. The predicted octanol–water partition coefficient (Wildman–Crippen LogP) is 2.45. The van der Waals surface area contributed by atoms with Gasteiger partial charge in [-0.15, -0.1) is 9.24 Å². The zero-order valence-electron chi connectivity index (χ0n) is 11.7. The Hall–Kier alpha value is -0.630. The molecular formula is C14H23O4P. The standard InChI is InChI=1S/C14H23O4P/c1-10(19)11(15)17-9-13(2)8-14(12(16)18-13)6-4-3-5-7-14/h10H,3-9,19H2,1-2H3. The maximum atomic E-state index is 12.2. The van der Waals surface area contributed by atoms with E-state index in [1.54, 1.807) is 6.92 Å². The average molecular weight is 286 g/mol. The van der Waals surface area contributed by atoms with E-state index in [-0.39, 0.29) is 29.6 Å². The van der Waals surface area contributed by atoms with Crippen LogP contribution >= 0.6 is 9.24 Å². The summed E-state index contributed by atoms with van der Waals surface area (Å²) in [5, 5.41) is 0. The highest BCUT2D eigenvalue weighted by atomic mass is 31.0. The normalized spacial score (nSPS) is 31.0. The molecule has 4 nitrogen and oxygen atoms in total. The first-order valence-electron chi connectivity index (χ1n) is 7.03. The van der Waals surface area contributed by atoms with Crippen LogP contribution in [0.3, 0.4) is 0 Å². The largest absolute Gasteiger partial charge is 0.461 e. The Labute approximate surface area is 116 Å².